The summed E-state index contributed by atoms with van der Waals surface area (Å²) in [4.78, 5) is 16.7. The lowest BCUT2D eigenvalue weighted by atomic mass is 10.1. The van der Waals surface area contributed by atoms with E-state index >= 15 is 0 Å². The van der Waals surface area contributed by atoms with E-state index in [2.05, 4.69) is 10.1 Å². The lowest BCUT2D eigenvalue weighted by molar-refractivity contribution is -0.140. The summed E-state index contributed by atoms with van der Waals surface area (Å²) in [5.41, 5.74) is 3.46. The minimum atomic E-state index is -0.745. The van der Waals surface area contributed by atoms with Crippen molar-refractivity contribution in [2.24, 2.45) is 5.92 Å². The van der Waals surface area contributed by atoms with Gasteiger partial charge in [-0.1, -0.05) is 19.0 Å². The number of methoxy groups -OCH3 is 1. The van der Waals surface area contributed by atoms with Crippen molar-refractivity contribution in [3.63, 3.8) is 0 Å². The van der Waals surface area contributed by atoms with E-state index in [0.717, 1.165) is 28.4 Å². The van der Waals surface area contributed by atoms with Gasteiger partial charge in [0.2, 0.25) is 0 Å². The van der Waals surface area contributed by atoms with Crippen molar-refractivity contribution in [1.82, 2.24) is 14.7 Å². The summed E-state index contributed by atoms with van der Waals surface area (Å²) in [6.07, 6.45) is 2.20. The number of aromatic nitrogens is 3. The minimum absolute atomic E-state index is 0.109. The van der Waals surface area contributed by atoms with Crippen molar-refractivity contribution < 1.29 is 18.8 Å². The number of aryl methyl sites for hydroxylation is 1. The zero-order chi connectivity index (χ0) is 23.3. The molecule has 8 heteroatoms. The molecule has 2 aromatic heterocycles. The molecule has 0 saturated heterocycles. The molecule has 0 amide bonds. The number of hydrogen-bond acceptors (Lipinski definition) is 7. The Morgan fingerprint density at radius 2 is 2.00 bits per heavy atom. The van der Waals surface area contributed by atoms with Gasteiger partial charge in [-0.05, 0) is 61.7 Å². The maximum atomic E-state index is 12.5. The third kappa shape index (κ3) is 5.24. The molecule has 0 radical (unpaired) electrons. The molecule has 0 unspecified atom stereocenters. The average Bonchev–Trinajstić information content (AvgIpc) is 3.33. The van der Waals surface area contributed by atoms with Crippen LogP contribution in [0.4, 0.5) is 0 Å². The first-order valence-electron chi connectivity index (χ1n) is 10.3. The first-order chi connectivity index (χ1) is 15.3. The van der Waals surface area contributed by atoms with Crippen LogP contribution in [0, 0.1) is 31.1 Å². The summed E-state index contributed by atoms with van der Waals surface area (Å²) in [5, 5.41) is 13.4. The highest BCUT2D eigenvalue weighted by atomic mass is 16.6. The second kappa shape index (κ2) is 9.96. The molecule has 32 heavy (non-hydrogen) atoms. The number of carbonyl (C=O) groups excluding carboxylic acids is 1. The highest BCUT2D eigenvalue weighted by molar-refractivity contribution is 5.98. The molecule has 0 saturated carbocycles. The van der Waals surface area contributed by atoms with Crippen LogP contribution in [-0.4, -0.2) is 27.8 Å². The van der Waals surface area contributed by atoms with E-state index in [-0.39, 0.29) is 18.1 Å². The Balaban J connectivity index is 1.76. The van der Waals surface area contributed by atoms with E-state index in [0.29, 0.717) is 18.2 Å². The van der Waals surface area contributed by atoms with Crippen molar-refractivity contribution in [1.29, 1.82) is 5.26 Å². The highest BCUT2D eigenvalue weighted by Crippen LogP contribution is 2.24. The van der Waals surface area contributed by atoms with Crippen molar-refractivity contribution >= 4 is 12.0 Å². The van der Waals surface area contributed by atoms with Gasteiger partial charge in [-0.15, -0.1) is 0 Å². The molecule has 0 fully saturated rings. The molecule has 0 bridgehead atoms. The van der Waals surface area contributed by atoms with Gasteiger partial charge in [-0.25, -0.2) is 4.79 Å². The standard InChI is InChI=1S/C24H26N4O4/c1-15(2)10-22-26-23(32-27-22)14-31-24(29)19(13-25)12-18-11-16(3)28(17(18)4)20-6-8-21(30-5)9-7-20/h6-9,11-12,15H,10,14H2,1-5H3/b19-12+. The van der Waals surface area contributed by atoms with Crippen LogP contribution >= 0.6 is 0 Å². The molecule has 2 heterocycles. The van der Waals surface area contributed by atoms with Gasteiger partial charge in [0.05, 0.1) is 7.11 Å². The van der Waals surface area contributed by atoms with Crippen LogP contribution in [0.1, 0.15) is 42.5 Å². The molecule has 1 aromatic carbocycles. The number of nitriles is 1. The first-order valence-corrected chi connectivity index (χ1v) is 10.3. The van der Waals surface area contributed by atoms with E-state index in [4.69, 9.17) is 14.0 Å². The Morgan fingerprint density at radius 3 is 2.62 bits per heavy atom. The zero-order valence-corrected chi connectivity index (χ0v) is 18.9. The maximum Gasteiger partial charge on any atom is 0.349 e. The van der Waals surface area contributed by atoms with Gasteiger partial charge in [0.1, 0.15) is 17.4 Å². The fraction of sp³-hybridized carbons (Fsp3) is 0.333. The van der Waals surface area contributed by atoms with E-state index in [1.54, 1.807) is 7.11 Å². The molecule has 0 aliphatic rings. The molecule has 8 nitrogen and oxygen atoms in total. The van der Waals surface area contributed by atoms with Gasteiger partial charge in [0.25, 0.3) is 5.89 Å². The number of ether oxygens (including phenoxy) is 2. The minimum Gasteiger partial charge on any atom is -0.497 e. The van der Waals surface area contributed by atoms with Crippen molar-refractivity contribution in [2.45, 2.75) is 40.7 Å². The number of nitrogens with zero attached hydrogens (tertiary/aromatic N) is 4. The quantitative estimate of drug-likeness (QED) is 0.295. The average molecular weight is 434 g/mol. The maximum absolute atomic E-state index is 12.5. The molecule has 166 valence electrons. The smallest absolute Gasteiger partial charge is 0.349 e. The first kappa shape index (κ1) is 22.8. The van der Waals surface area contributed by atoms with Gasteiger partial charge >= 0.3 is 5.97 Å². The summed E-state index contributed by atoms with van der Waals surface area (Å²) in [6, 6.07) is 11.5. The van der Waals surface area contributed by atoms with E-state index in [1.165, 1.54) is 6.08 Å². The number of rotatable bonds is 8. The van der Waals surface area contributed by atoms with Crippen LogP contribution in [0.3, 0.4) is 0 Å². The van der Waals surface area contributed by atoms with Crippen molar-refractivity contribution in [3.05, 3.63) is 64.6 Å². The van der Waals surface area contributed by atoms with Crippen LogP contribution in [-0.2, 0) is 22.6 Å². The molecule has 3 rings (SSSR count). The predicted octanol–water partition coefficient (Wildman–Crippen LogP) is 4.33. The number of carbonyl (C=O) groups is 1. The Bertz CT molecular complexity index is 1160. The van der Waals surface area contributed by atoms with E-state index in [9.17, 15) is 10.1 Å². The number of esters is 1. The van der Waals surface area contributed by atoms with E-state index in [1.807, 2.05) is 68.7 Å². The Labute approximate surface area is 187 Å². The normalized spacial score (nSPS) is 11.5. The fourth-order valence-corrected chi connectivity index (χ4v) is 3.36. The lowest BCUT2D eigenvalue weighted by Gasteiger charge is -2.10. The molecule has 0 N–H and O–H groups in total. The topological polar surface area (TPSA) is 103 Å². The van der Waals surface area contributed by atoms with E-state index < -0.39 is 5.97 Å². The summed E-state index contributed by atoms with van der Waals surface area (Å²) in [6.45, 7) is 7.80. The van der Waals surface area contributed by atoms with Gasteiger partial charge in [-0.3, -0.25) is 0 Å². The van der Waals surface area contributed by atoms with Crippen molar-refractivity contribution in [3.8, 4) is 17.5 Å². The predicted molar refractivity (Wildman–Crippen MR) is 118 cm³/mol. The monoisotopic (exact) mass is 434 g/mol. The van der Waals surface area contributed by atoms with Crippen molar-refractivity contribution in [2.75, 3.05) is 7.11 Å². The summed E-state index contributed by atoms with van der Waals surface area (Å²) in [7, 11) is 1.62. The fourth-order valence-electron chi connectivity index (χ4n) is 3.36. The van der Waals surface area contributed by atoms with Crippen LogP contribution in [0.25, 0.3) is 11.8 Å². The van der Waals surface area contributed by atoms with Gasteiger partial charge in [-0.2, -0.15) is 10.2 Å². The largest absolute Gasteiger partial charge is 0.497 e. The second-order valence-electron chi connectivity index (χ2n) is 7.81. The molecule has 0 aliphatic heterocycles. The zero-order valence-electron chi connectivity index (χ0n) is 18.9. The molecule has 0 spiro atoms. The third-order valence-corrected chi connectivity index (χ3v) is 4.87. The molecule has 0 aliphatic carbocycles. The molecular formula is C24H26N4O4. The van der Waals surface area contributed by atoms with Crippen LogP contribution in [0.5, 0.6) is 5.75 Å². The number of benzene rings is 1. The van der Waals surface area contributed by atoms with Crippen LogP contribution in [0.15, 0.2) is 40.4 Å². The second-order valence-corrected chi connectivity index (χ2v) is 7.81. The SMILES string of the molecule is COc1ccc(-n2c(C)cc(/C=C(\C#N)C(=O)OCc3nc(CC(C)C)no3)c2C)cc1. The Morgan fingerprint density at radius 1 is 1.28 bits per heavy atom. The van der Waals surface area contributed by atoms with Gasteiger partial charge in [0.15, 0.2) is 12.4 Å². The summed E-state index contributed by atoms with van der Waals surface area (Å²) in [5.74, 6) is 1.17. The Kier molecular flexibility index (Phi) is 7.11. The summed E-state index contributed by atoms with van der Waals surface area (Å²) < 4.78 is 17.6. The van der Waals surface area contributed by atoms with Crippen LogP contribution < -0.4 is 4.74 Å². The molecule has 0 atom stereocenters. The third-order valence-electron chi connectivity index (χ3n) is 4.87. The Hall–Kier alpha value is -3.86. The number of hydrogen-bond donors (Lipinski definition) is 0. The molecule has 3 aromatic rings. The van der Waals surface area contributed by atoms with Gasteiger partial charge in [0, 0.05) is 23.5 Å². The van der Waals surface area contributed by atoms with Gasteiger partial charge < -0.3 is 18.6 Å². The lowest BCUT2D eigenvalue weighted by Crippen LogP contribution is -2.07. The summed E-state index contributed by atoms with van der Waals surface area (Å²) >= 11 is 0. The highest BCUT2D eigenvalue weighted by Gasteiger charge is 2.17. The molecular weight excluding hydrogens is 408 g/mol. The van der Waals surface area contributed by atoms with Crippen LogP contribution in [0.2, 0.25) is 0 Å².